The van der Waals surface area contributed by atoms with E-state index >= 15 is 0 Å². The number of pyridine rings is 1. The number of carbonyl (C=O) groups excluding carboxylic acids is 2. The maximum absolute atomic E-state index is 12.5. The SMILES string of the molecule is CNC(=O)c1cc(C)nc2onc(C3CCN(C(=O)C(C)(C)C)C3)c12. The van der Waals surface area contributed by atoms with E-state index < -0.39 is 5.41 Å². The smallest absolute Gasteiger partial charge is 0.259 e. The molecular weight excluding hydrogens is 320 g/mol. The van der Waals surface area contributed by atoms with E-state index in [1.807, 2.05) is 32.6 Å². The molecule has 0 bridgehead atoms. The number of nitrogens with one attached hydrogen (secondary N) is 1. The van der Waals surface area contributed by atoms with Gasteiger partial charge >= 0.3 is 0 Å². The molecule has 1 atom stereocenters. The van der Waals surface area contributed by atoms with Crippen molar-refractivity contribution < 1.29 is 14.1 Å². The number of rotatable bonds is 2. The van der Waals surface area contributed by atoms with Gasteiger partial charge < -0.3 is 14.7 Å². The van der Waals surface area contributed by atoms with E-state index in [0.717, 1.165) is 6.42 Å². The third-order valence-electron chi connectivity index (χ3n) is 4.58. The number of likely N-dealkylation sites (tertiary alicyclic amines) is 1. The Morgan fingerprint density at radius 2 is 2.08 bits per heavy atom. The molecule has 2 aromatic heterocycles. The highest BCUT2D eigenvalue weighted by atomic mass is 16.5. The summed E-state index contributed by atoms with van der Waals surface area (Å²) in [6.07, 6.45) is 0.796. The molecule has 1 aliphatic heterocycles. The number of carbonyl (C=O) groups is 2. The second-order valence-corrected chi connectivity index (χ2v) is 7.63. The largest absolute Gasteiger partial charge is 0.355 e. The lowest BCUT2D eigenvalue weighted by Gasteiger charge is -2.25. The van der Waals surface area contributed by atoms with Crippen molar-refractivity contribution in [1.82, 2.24) is 20.4 Å². The lowest BCUT2D eigenvalue weighted by Crippen LogP contribution is -2.37. The molecule has 0 aromatic carbocycles. The fourth-order valence-corrected chi connectivity index (χ4v) is 3.33. The summed E-state index contributed by atoms with van der Waals surface area (Å²) in [6, 6.07) is 1.74. The average molecular weight is 344 g/mol. The highest BCUT2D eigenvalue weighted by Gasteiger charge is 2.36. The van der Waals surface area contributed by atoms with Crippen LogP contribution in [0, 0.1) is 12.3 Å². The molecule has 0 aliphatic carbocycles. The topological polar surface area (TPSA) is 88.3 Å². The maximum Gasteiger partial charge on any atom is 0.259 e. The summed E-state index contributed by atoms with van der Waals surface area (Å²) in [5.74, 6) is -0.0238. The van der Waals surface area contributed by atoms with Crippen molar-refractivity contribution in [1.29, 1.82) is 0 Å². The first-order valence-corrected chi connectivity index (χ1v) is 8.50. The molecular formula is C18H24N4O3. The zero-order valence-electron chi connectivity index (χ0n) is 15.3. The number of aromatic nitrogens is 2. The monoisotopic (exact) mass is 344 g/mol. The highest BCUT2D eigenvalue weighted by Crippen LogP contribution is 2.34. The van der Waals surface area contributed by atoms with E-state index in [9.17, 15) is 9.59 Å². The molecule has 25 heavy (non-hydrogen) atoms. The number of nitrogens with zero attached hydrogens (tertiary/aromatic N) is 3. The minimum Gasteiger partial charge on any atom is -0.355 e. The first-order valence-electron chi connectivity index (χ1n) is 8.50. The van der Waals surface area contributed by atoms with Crippen LogP contribution in [0.1, 0.15) is 54.9 Å². The third kappa shape index (κ3) is 3.10. The van der Waals surface area contributed by atoms with Crippen molar-refractivity contribution >= 4 is 22.9 Å². The third-order valence-corrected chi connectivity index (χ3v) is 4.58. The summed E-state index contributed by atoms with van der Waals surface area (Å²) >= 11 is 0. The number of hydrogen-bond donors (Lipinski definition) is 1. The van der Waals surface area contributed by atoms with Gasteiger partial charge in [-0.3, -0.25) is 9.59 Å². The molecule has 2 aromatic rings. The number of fused-ring (bicyclic) bond motifs is 1. The number of amides is 2. The van der Waals surface area contributed by atoms with Crippen molar-refractivity contribution in [2.75, 3.05) is 20.1 Å². The van der Waals surface area contributed by atoms with Crippen LogP contribution in [0.2, 0.25) is 0 Å². The van der Waals surface area contributed by atoms with Crippen LogP contribution >= 0.6 is 0 Å². The molecule has 134 valence electrons. The molecule has 0 saturated carbocycles. The van der Waals surface area contributed by atoms with E-state index in [0.29, 0.717) is 41.1 Å². The minimum atomic E-state index is -0.410. The van der Waals surface area contributed by atoms with Crippen molar-refractivity contribution in [3.63, 3.8) is 0 Å². The Morgan fingerprint density at radius 1 is 1.36 bits per heavy atom. The van der Waals surface area contributed by atoms with Gasteiger partial charge in [-0.1, -0.05) is 25.9 Å². The van der Waals surface area contributed by atoms with E-state index in [1.165, 1.54) is 0 Å². The van der Waals surface area contributed by atoms with E-state index in [1.54, 1.807) is 13.1 Å². The van der Waals surface area contributed by atoms with E-state index in [4.69, 9.17) is 4.52 Å². The fourth-order valence-electron chi connectivity index (χ4n) is 3.33. The van der Waals surface area contributed by atoms with Crippen molar-refractivity contribution in [3.8, 4) is 0 Å². The first-order chi connectivity index (χ1) is 11.7. The Morgan fingerprint density at radius 3 is 2.72 bits per heavy atom. The van der Waals surface area contributed by atoms with Crippen LogP contribution in [-0.4, -0.2) is 47.0 Å². The molecule has 3 heterocycles. The van der Waals surface area contributed by atoms with Gasteiger partial charge in [0, 0.05) is 37.2 Å². The molecule has 0 spiro atoms. The van der Waals surface area contributed by atoms with Crippen LogP contribution in [0.15, 0.2) is 10.6 Å². The Bertz CT molecular complexity index is 835. The highest BCUT2D eigenvalue weighted by molar-refractivity contribution is 6.06. The molecule has 7 nitrogen and oxygen atoms in total. The minimum absolute atomic E-state index is 0.0421. The van der Waals surface area contributed by atoms with Crippen LogP contribution in [0.4, 0.5) is 0 Å². The predicted molar refractivity (Wildman–Crippen MR) is 93.3 cm³/mol. The Hall–Kier alpha value is -2.44. The fraction of sp³-hybridized carbons (Fsp3) is 0.556. The molecule has 1 aliphatic rings. The van der Waals surface area contributed by atoms with Crippen LogP contribution in [0.25, 0.3) is 11.1 Å². The molecule has 2 amide bonds. The molecule has 7 heteroatoms. The summed E-state index contributed by atoms with van der Waals surface area (Å²) < 4.78 is 5.40. The Kier molecular flexibility index (Phi) is 4.26. The van der Waals surface area contributed by atoms with Crippen LogP contribution in [0.3, 0.4) is 0 Å². The van der Waals surface area contributed by atoms with Gasteiger partial charge in [0.25, 0.3) is 11.6 Å². The lowest BCUT2D eigenvalue weighted by atomic mass is 9.94. The summed E-state index contributed by atoms with van der Waals surface area (Å²) in [7, 11) is 1.59. The summed E-state index contributed by atoms with van der Waals surface area (Å²) in [5, 5.41) is 7.50. The van der Waals surface area contributed by atoms with Gasteiger partial charge in [-0.25, -0.2) is 4.98 Å². The summed E-state index contributed by atoms with van der Waals surface area (Å²) in [6.45, 7) is 8.84. The summed E-state index contributed by atoms with van der Waals surface area (Å²) in [4.78, 5) is 31.0. The van der Waals surface area contributed by atoms with Crippen molar-refractivity contribution in [2.45, 2.75) is 40.0 Å². The molecule has 3 rings (SSSR count). The standard InChI is InChI=1S/C18H24N4O3/c1-10-8-12(15(23)19-5)13-14(21-25-16(13)20-10)11-6-7-22(9-11)17(24)18(2,3)4/h8,11H,6-7,9H2,1-5H3,(H,19,23). The summed E-state index contributed by atoms with van der Waals surface area (Å²) in [5.41, 5.74) is 1.89. The van der Waals surface area contributed by atoms with Gasteiger partial charge in [0.2, 0.25) is 5.91 Å². The van der Waals surface area contributed by atoms with Crippen LogP contribution in [0.5, 0.6) is 0 Å². The van der Waals surface area contributed by atoms with Crippen molar-refractivity contribution in [3.05, 3.63) is 23.0 Å². The average Bonchev–Trinajstić information content (AvgIpc) is 3.17. The zero-order valence-corrected chi connectivity index (χ0v) is 15.3. The van der Waals surface area contributed by atoms with Gasteiger partial charge in [-0.15, -0.1) is 0 Å². The zero-order chi connectivity index (χ0) is 18.4. The van der Waals surface area contributed by atoms with Gasteiger partial charge in [0.15, 0.2) is 0 Å². The van der Waals surface area contributed by atoms with Crippen LogP contribution < -0.4 is 5.32 Å². The maximum atomic E-state index is 12.5. The quantitative estimate of drug-likeness (QED) is 0.903. The van der Waals surface area contributed by atoms with E-state index in [2.05, 4.69) is 15.5 Å². The molecule has 1 unspecified atom stereocenters. The lowest BCUT2D eigenvalue weighted by molar-refractivity contribution is -0.138. The van der Waals surface area contributed by atoms with Gasteiger partial charge in [0.05, 0.1) is 16.6 Å². The molecule has 1 fully saturated rings. The van der Waals surface area contributed by atoms with Gasteiger partial charge in [0.1, 0.15) is 0 Å². The van der Waals surface area contributed by atoms with Gasteiger partial charge in [-0.05, 0) is 19.4 Å². The molecule has 0 radical (unpaired) electrons. The number of aryl methyl sites for hydroxylation is 1. The van der Waals surface area contributed by atoms with E-state index in [-0.39, 0.29) is 17.7 Å². The Balaban J connectivity index is 1.98. The van der Waals surface area contributed by atoms with Crippen molar-refractivity contribution in [2.24, 2.45) is 5.41 Å². The Labute approximate surface area is 146 Å². The molecule has 1 N–H and O–H groups in total. The second kappa shape index (κ2) is 6.13. The second-order valence-electron chi connectivity index (χ2n) is 7.63. The van der Waals surface area contributed by atoms with Gasteiger partial charge in [-0.2, -0.15) is 0 Å². The van der Waals surface area contributed by atoms with Crippen LogP contribution in [-0.2, 0) is 4.79 Å². The predicted octanol–water partition coefficient (Wildman–Crippen LogP) is 2.25. The molecule has 1 saturated heterocycles. The number of hydrogen-bond acceptors (Lipinski definition) is 5. The normalized spacial score (nSPS) is 18.0. The first kappa shape index (κ1) is 17.4.